The number of amides is 1. The summed E-state index contributed by atoms with van der Waals surface area (Å²) in [4.78, 5) is 16.9. The molecule has 0 radical (unpaired) electrons. The van der Waals surface area contributed by atoms with Gasteiger partial charge in [-0.3, -0.25) is 4.79 Å². The van der Waals surface area contributed by atoms with E-state index in [-0.39, 0.29) is 24.4 Å². The summed E-state index contributed by atoms with van der Waals surface area (Å²) in [5.74, 6) is -1.45. The van der Waals surface area contributed by atoms with Crippen molar-refractivity contribution in [2.75, 3.05) is 6.54 Å². The fraction of sp³-hybridized carbons (Fsp3) is 0.312. The maximum absolute atomic E-state index is 14.0. The molecule has 1 fully saturated rings. The number of nitrogens with one attached hydrogen (secondary N) is 1. The van der Waals surface area contributed by atoms with Crippen LogP contribution in [-0.2, 0) is 0 Å². The van der Waals surface area contributed by atoms with Crippen molar-refractivity contribution < 1.29 is 18.7 Å². The Balaban J connectivity index is 1.98. The third-order valence-electron chi connectivity index (χ3n) is 4.04. The lowest BCUT2D eigenvalue weighted by Gasteiger charge is -2.25. The number of benzene rings is 1. The van der Waals surface area contributed by atoms with Crippen molar-refractivity contribution in [1.29, 1.82) is 0 Å². The van der Waals surface area contributed by atoms with Crippen molar-refractivity contribution in [3.8, 4) is 0 Å². The summed E-state index contributed by atoms with van der Waals surface area (Å²) in [6, 6.07) is 4.13. The van der Waals surface area contributed by atoms with Crippen LogP contribution in [0.3, 0.4) is 0 Å². The number of carbonyl (C=O) groups is 1. The predicted octanol–water partition coefficient (Wildman–Crippen LogP) is 2.55. The third kappa shape index (κ3) is 2.50. The maximum atomic E-state index is 14.0. The number of carbonyl (C=O) groups excluding carboxylic acids is 1. The minimum Gasteiger partial charge on any atom is -0.391 e. The van der Waals surface area contributed by atoms with Gasteiger partial charge in [-0.25, -0.2) is 8.78 Å². The molecule has 2 heterocycles. The highest BCUT2D eigenvalue weighted by molar-refractivity contribution is 5.95. The highest BCUT2D eigenvalue weighted by Gasteiger charge is 2.37. The van der Waals surface area contributed by atoms with E-state index in [1.165, 1.54) is 4.90 Å². The molecule has 2 atom stereocenters. The first-order valence-corrected chi connectivity index (χ1v) is 7.05. The molecule has 0 saturated carbocycles. The average Bonchev–Trinajstić information content (AvgIpc) is 3.07. The first kappa shape index (κ1) is 14.7. The molecule has 22 heavy (non-hydrogen) atoms. The number of nitrogens with zero attached hydrogens (tertiary/aromatic N) is 1. The van der Waals surface area contributed by atoms with Gasteiger partial charge in [0.2, 0.25) is 0 Å². The monoisotopic (exact) mass is 306 g/mol. The SMILES string of the molecule is Cc1[nH]ccc1C(=O)N1C[C@H](O)C[C@H]1c1cc(F)ccc1F. The Hall–Kier alpha value is -2.21. The van der Waals surface area contributed by atoms with Crippen LogP contribution in [0.4, 0.5) is 8.78 Å². The lowest BCUT2D eigenvalue weighted by molar-refractivity contribution is 0.0713. The standard InChI is InChI=1S/C16H16F2N2O2/c1-9-12(4-5-19-9)16(22)20-8-11(21)7-15(20)13-6-10(17)2-3-14(13)18/h2-6,11,15,19,21H,7-8H2,1H3/t11-,15+/m1/s1. The van der Waals surface area contributed by atoms with Crippen LogP contribution < -0.4 is 0 Å². The van der Waals surface area contributed by atoms with Gasteiger partial charge >= 0.3 is 0 Å². The molecule has 1 aliphatic heterocycles. The number of aliphatic hydroxyl groups is 1. The third-order valence-corrected chi connectivity index (χ3v) is 4.04. The molecule has 1 saturated heterocycles. The van der Waals surface area contributed by atoms with E-state index < -0.39 is 23.8 Å². The molecule has 0 spiro atoms. The van der Waals surface area contributed by atoms with Crippen molar-refractivity contribution in [1.82, 2.24) is 9.88 Å². The fourth-order valence-electron chi connectivity index (χ4n) is 2.94. The van der Waals surface area contributed by atoms with Crippen LogP contribution in [0.15, 0.2) is 30.5 Å². The van der Waals surface area contributed by atoms with E-state index in [0.717, 1.165) is 18.2 Å². The quantitative estimate of drug-likeness (QED) is 0.896. The highest BCUT2D eigenvalue weighted by Crippen LogP contribution is 2.35. The molecule has 1 aromatic carbocycles. The first-order valence-electron chi connectivity index (χ1n) is 7.05. The number of β-amino-alcohol motifs (C(OH)–C–C–N with tert-alkyl or cyclic N) is 1. The molecule has 2 N–H and O–H groups in total. The second-order valence-electron chi connectivity index (χ2n) is 5.55. The molecule has 1 aliphatic rings. The number of H-pyrrole nitrogens is 1. The molecule has 2 aromatic rings. The highest BCUT2D eigenvalue weighted by atomic mass is 19.1. The van der Waals surface area contributed by atoms with Crippen molar-refractivity contribution in [3.63, 3.8) is 0 Å². The zero-order chi connectivity index (χ0) is 15.9. The van der Waals surface area contributed by atoms with Gasteiger partial charge in [0.1, 0.15) is 11.6 Å². The minimum absolute atomic E-state index is 0.0955. The number of hydrogen-bond acceptors (Lipinski definition) is 2. The van der Waals surface area contributed by atoms with Crippen LogP contribution in [0.25, 0.3) is 0 Å². The Bertz CT molecular complexity index is 714. The van der Waals surface area contributed by atoms with Crippen LogP contribution in [-0.4, -0.2) is 33.5 Å². The minimum atomic E-state index is -0.754. The predicted molar refractivity (Wildman–Crippen MR) is 76.3 cm³/mol. The Labute approximate surface area is 126 Å². The van der Waals surface area contributed by atoms with Gasteiger partial charge in [0, 0.05) is 24.0 Å². The van der Waals surface area contributed by atoms with E-state index in [0.29, 0.717) is 11.3 Å². The number of rotatable bonds is 2. The summed E-state index contributed by atoms with van der Waals surface area (Å²) >= 11 is 0. The van der Waals surface area contributed by atoms with E-state index in [9.17, 15) is 18.7 Å². The van der Waals surface area contributed by atoms with E-state index in [1.54, 1.807) is 19.2 Å². The molecular weight excluding hydrogens is 290 g/mol. The van der Waals surface area contributed by atoms with Crippen LogP contribution in [0, 0.1) is 18.6 Å². The van der Waals surface area contributed by atoms with Gasteiger partial charge in [0.05, 0.1) is 17.7 Å². The van der Waals surface area contributed by atoms with E-state index in [4.69, 9.17) is 0 Å². The van der Waals surface area contributed by atoms with E-state index in [2.05, 4.69) is 4.98 Å². The molecule has 116 valence electrons. The first-order chi connectivity index (χ1) is 10.5. The largest absolute Gasteiger partial charge is 0.391 e. The maximum Gasteiger partial charge on any atom is 0.256 e. The summed E-state index contributed by atoms with van der Waals surface area (Å²) in [7, 11) is 0. The summed E-state index contributed by atoms with van der Waals surface area (Å²) in [6.07, 6.45) is 1.08. The van der Waals surface area contributed by atoms with Crippen LogP contribution in [0.2, 0.25) is 0 Å². The molecule has 3 rings (SSSR count). The van der Waals surface area contributed by atoms with E-state index >= 15 is 0 Å². The van der Waals surface area contributed by atoms with Gasteiger partial charge in [0.25, 0.3) is 5.91 Å². The fourth-order valence-corrected chi connectivity index (χ4v) is 2.94. The van der Waals surface area contributed by atoms with Crippen LogP contribution >= 0.6 is 0 Å². The zero-order valence-electron chi connectivity index (χ0n) is 12.0. The van der Waals surface area contributed by atoms with Gasteiger partial charge in [-0.05, 0) is 37.6 Å². The second-order valence-corrected chi connectivity index (χ2v) is 5.55. The van der Waals surface area contributed by atoms with Crippen LogP contribution in [0.1, 0.15) is 34.1 Å². The number of aromatic amines is 1. The number of halogens is 2. The van der Waals surface area contributed by atoms with Gasteiger partial charge in [0.15, 0.2) is 0 Å². The molecule has 6 heteroatoms. The summed E-state index contributed by atoms with van der Waals surface area (Å²) in [5.41, 5.74) is 1.26. The molecule has 4 nitrogen and oxygen atoms in total. The van der Waals surface area contributed by atoms with Crippen molar-refractivity contribution in [3.05, 3.63) is 58.9 Å². The zero-order valence-corrected chi connectivity index (χ0v) is 12.0. The molecular formula is C16H16F2N2O2. The Morgan fingerprint density at radius 3 is 2.82 bits per heavy atom. The smallest absolute Gasteiger partial charge is 0.256 e. The topological polar surface area (TPSA) is 56.3 Å². The van der Waals surface area contributed by atoms with Crippen molar-refractivity contribution >= 4 is 5.91 Å². The average molecular weight is 306 g/mol. The lowest BCUT2D eigenvalue weighted by atomic mass is 10.0. The van der Waals surface area contributed by atoms with Gasteiger partial charge in [-0.1, -0.05) is 0 Å². The van der Waals surface area contributed by atoms with Crippen LogP contribution in [0.5, 0.6) is 0 Å². The Morgan fingerprint density at radius 1 is 1.36 bits per heavy atom. The summed E-state index contributed by atoms with van der Waals surface area (Å²) in [6.45, 7) is 1.86. The van der Waals surface area contributed by atoms with Crippen molar-refractivity contribution in [2.45, 2.75) is 25.5 Å². The van der Waals surface area contributed by atoms with Gasteiger partial charge in [-0.2, -0.15) is 0 Å². The number of likely N-dealkylation sites (tertiary alicyclic amines) is 1. The molecule has 0 aliphatic carbocycles. The summed E-state index contributed by atoms with van der Waals surface area (Å²) in [5, 5.41) is 9.89. The number of hydrogen-bond donors (Lipinski definition) is 2. The molecule has 1 aromatic heterocycles. The number of aryl methyl sites for hydroxylation is 1. The molecule has 0 bridgehead atoms. The normalized spacial score (nSPS) is 21.4. The lowest BCUT2D eigenvalue weighted by Crippen LogP contribution is -2.32. The number of aromatic nitrogens is 1. The number of aliphatic hydroxyl groups excluding tert-OH is 1. The van der Waals surface area contributed by atoms with E-state index in [1.807, 2.05) is 0 Å². The Kier molecular flexibility index (Phi) is 3.70. The Morgan fingerprint density at radius 2 is 2.14 bits per heavy atom. The summed E-state index contributed by atoms with van der Waals surface area (Å²) < 4.78 is 27.4. The second kappa shape index (κ2) is 5.53. The van der Waals surface area contributed by atoms with Gasteiger partial charge < -0.3 is 15.0 Å². The molecule has 0 unspecified atom stereocenters. The van der Waals surface area contributed by atoms with Crippen molar-refractivity contribution in [2.24, 2.45) is 0 Å². The van der Waals surface area contributed by atoms with Gasteiger partial charge in [-0.15, -0.1) is 0 Å². The molecule has 1 amide bonds.